The van der Waals surface area contributed by atoms with Crippen molar-refractivity contribution >= 4 is 5.91 Å². The molecule has 1 atom stereocenters. The van der Waals surface area contributed by atoms with Crippen molar-refractivity contribution in [3.05, 3.63) is 0 Å². The standard InChI is InChI=1S/C9H19N3O3/c10-1-2-11-9(14)5-12-3-4-15-7-8(12)6-13/h8,13H,1-7,10H2,(H,11,14). The molecule has 1 aliphatic rings. The molecule has 88 valence electrons. The maximum atomic E-state index is 11.4. The van der Waals surface area contributed by atoms with E-state index in [9.17, 15) is 4.79 Å². The number of nitrogens with one attached hydrogen (secondary N) is 1. The van der Waals surface area contributed by atoms with Crippen LogP contribution in [0.5, 0.6) is 0 Å². The van der Waals surface area contributed by atoms with E-state index >= 15 is 0 Å². The van der Waals surface area contributed by atoms with Crippen molar-refractivity contribution < 1.29 is 14.6 Å². The summed E-state index contributed by atoms with van der Waals surface area (Å²) in [5.41, 5.74) is 5.28. The molecule has 0 spiro atoms. The Morgan fingerprint density at radius 2 is 2.47 bits per heavy atom. The van der Waals surface area contributed by atoms with Gasteiger partial charge < -0.3 is 20.9 Å². The molecule has 0 aliphatic carbocycles. The Balaban J connectivity index is 2.30. The molecule has 15 heavy (non-hydrogen) atoms. The molecule has 1 rings (SSSR count). The number of aliphatic hydroxyl groups is 1. The third-order valence-electron chi connectivity index (χ3n) is 2.37. The van der Waals surface area contributed by atoms with E-state index in [2.05, 4.69) is 5.32 Å². The van der Waals surface area contributed by atoms with E-state index in [1.54, 1.807) is 0 Å². The fourth-order valence-electron chi connectivity index (χ4n) is 1.52. The number of rotatable bonds is 5. The van der Waals surface area contributed by atoms with Gasteiger partial charge in [-0.05, 0) is 0 Å². The van der Waals surface area contributed by atoms with Gasteiger partial charge >= 0.3 is 0 Å². The van der Waals surface area contributed by atoms with Gasteiger partial charge in [0.15, 0.2) is 0 Å². The number of nitrogens with two attached hydrogens (primary N) is 1. The zero-order valence-corrected chi connectivity index (χ0v) is 8.82. The summed E-state index contributed by atoms with van der Waals surface area (Å²) < 4.78 is 5.21. The number of amides is 1. The van der Waals surface area contributed by atoms with E-state index in [0.29, 0.717) is 39.4 Å². The maximum Gasteiger partial charge on any atom is 0.234 e. The predicted octanol–water partition coefficient (Wildman–Crippen LogP) is -2.25. The van der Waals surface area contributed by atoms with Crippen molar-refractivity contribution in [1.29, 1.82) is 0 Å². The summed E-state index contributed by atoms with van der Waals surface area (Å²) >= 11 is 0. The Bertz CT molecular complexity index is 201. The molecular formula is C9H19N3O3. The first-order valence-corrected chi connectivity index (χ1v) is 5.17. The summed E-state index contributed by atoms with van der Waals surface area (Å²) in [5, 5.41) is 11.8. The highest BCUT2D eigenvalue weighted by Gasteiger charge is 2.23. The average molecular weight is 217 g/mol. The molecule has 1 amide bonds. The Labute approximate surface area is 89.4 Å². The van der Waals surface area contributed by atoms with Crippen LogP contribution in [-0.4, -0.2) is 68.0 Å². The van der Waals surface area contributed by atoms with Crippen LogP contribution in [0.25, 0.3) is 0 Å². The molecule has 1 saturated heterocycles. The molecule has 6 heteroatoms. The minimum absolute atomic E-state index is 0.0180. The van der Waals surface area contributed by atoms with Gasteiger partial charge in [-0.2, -0.15) is 0 Å². The maximum absolute atomic E-state index is 11.4. The van der Waals surface area contributed by atoms with Crippen LogP contribution in [0, 0.1) is 0 Å². The second-order valence-corrected chi connectivity index (χ2v) is 3.52. The second kappa shape index (κ2) is 6.73. The molecule has 1 unspecified atom stereocenters. The zero-order valence-electron chi connectivity index (χ0n) is 8.82. The van der Waals surface area contributed by atoms with Gasteiger partial charge in [0.1, 0.15) is 0 Å². The number of hydrogen-bond donors (Lipinski definition) is 3. The lowest BCUT2D eigenvalue weighted by atomic mass is 10.2. The summed E-state index contributed by atoms with van der Waals surface area (Å²) in [6.07, 6.45) is 0. The minimum Gasteiger partial charge on any atom is -0.395 e. The summed E-state index contributed by atoms with van der Waals surface area (Å²) in [7, 11) is 0. The molecule has 0 aromatic rings. The smallest absolute Gasteiger partial charge is 0.234 e. The number of carbonyl (C=O) groups is 1. The summed E-state index contributed by atoms with van der Waals surface area (Å²) in [6, 6.07) is -0.0672. The number of ether oxygens (including phenoxy) is 1. The molecule has 0 radical (unpaired) electrons. The first kappa shape index (κ1) is 12.4. The summed E-state index contributed by atoms with van der Waals surface area (Å²) in [6.45, 7) is 3.03. The molecule has 1 heterocycles. The largest absolute Gasteiger partial charge is 0.395 e. The van der Waals surface area contributed by atoms with Crippen LogP contribution in [0.3, 0.4) is 0 Å². The summed E-state index contributed by atoms with van der Waals surface area (Å²) in [4.78, 5) is 13.3. The topological polar surface area (TPSA) is 87.8 Å². The SMILES string of the molecule is NCCNC(=O)CN1CCOCC1CO. The van der Waals surface area contributed by atoms with Gasteiger partial charge in [0.25, 0.3) is 0 Å². The molecule has 0 aromatic carbocycles. The molecule has 4 N–H and O–H groups in total. The Morgan fingerprint density at radius 1 is 1.67 bits per heavy atom. The van der Waals surface area contributed by atoms with Crippen LogP contribution in [0.1, 0.15) is 0 Å². The van der Waals surface area contributed by atoms with E-state index < -0.39 is 0 Å². The van der Waals surface area contributed by atoms with E-state index in [1.165, 1.54) is 0 Å². The van der Waals surface area contributed by atoms with Crippen LogP contribution < -0.4 is 11.1 Å². The van der Waals surface area contributed by atoms with Gasteiger partial charge in [-0.3, -0.25) is 9.69 Å². The number of morpholine rings is 1. The van der Waals surface area contributed by atoms with E-state index in [4.69, 9.17) is 15.6 Å². The molecule has 1 aliphatic heterocycles. The zero-order chi connectivity index (χ0) is 11.1. The monoisotopic (exact) mass is 217 g/mol. The molecule has 6 nitrogen and oxygen atoms in total. The molecule has 0 bridgehead atoms. The Morgan fingerprint density at radius 3 is 3.13 bits per heavy atom. The van der Waals surface area contributed by atoms with Gasteiger partial charge in [-0.1, -0.05) is 0 Å². The number of carbonyl (C=O) groups excluding carboxylic acids is 1. The number of aliphatic hydroxyl groups excluding tert-OH is 1. The number of hydrogen-bond acceptors (Lipinski definition) is 5. The first-order chi connectivity index (χ1) is 7.27. The fraction of sp³-hybridized carbons (Fsp3) is 0.889. The van der Waals surface area contributed by atoms with Gasteiger partial charge in [-0.15, -0.1) is 0 Å². The highest BCUT2D eigenvalue weighted by atomic mass is 16.5. The first-order valence-electron chi connectivity index (χ1n) is 5.17. The minimum atomic E-state index is -0.0672. The van der Waals surface area contributed by atoms with E-state index in [-0.39, 0.29) is 18.6 Å². The van der Waals surface area contributed by atoms with Gasteiger partial charge in [0.05, 0.1) is 32.4 Å². The van der Waals surface area contributed by atoms with Crippen LogP contribution in [0.4, 0.5) is 0 Å². The second-order valence-electron chi connectivity index (χ2n) is 3.52. The molecule has 0 aromatic heterocycles. The average Bonchev–Trinajstić information content (AvgIpc) is 2.27. The van der Waals surface area contributed by atoms with Crippen molar-refractivity contribution in [2.45, 2.75) is 6.04 Å². The van der Waals surface area contributed by atoms with Gasteiger partial charge in [-0.25, -0.2) is 0 Å². The van der Waals surface area contributed by atoms with Crippen molar-refractivity contribution in [1.82, 2.24) is 10.2 Å². The lowest BCUT2D eigenvalue weighted by molar-refractivity contribution is -0.125. The third-order valence-corrected chi connectivity index (χ3v) is 2.37. The quantitative estimate of drug-likeness (QED) is 0.484. The molecule has 0 saturated carbocycles. The fourth-order valence-corrected chi connectivity index (χ4v) is 1.52. The van der Waals surface area contributed by atoms with Crippen molar-refractivity contribution in [2.75, 3.05) is 46.0 Å². The van der Waals surface area contributed by atoms with Crippen molar-refractivity contribution in [2.24, 2.45) is 5.73 Å². The van der Waals surface area contributed by atoms with Crippen molar-refractivity contribution in [3.63, 3.8) is 0 Å². The Hall–Kier alpha value is -0.690. The highest BCUT2D eigenvalue weighted by Crippen LogP contribution is 2.05. The van der Waals surface area contributed by atoms with Gasteiger partial charge in [0, 0.05) is 19.6 Å². The van der Waals surface area contributed by atoms with E-state index in [0.717, 1.165) is 0 Å². The van der Waals surface area contributed by atoms with Crippen LogP contribution in [-0.2, 0) is 9.53 Å². The van der Waals surface area contributed by atoms with Crippen LogP contribution in [0.2, 0.25) is 0 Å². The summed E-state index contributed by atoms with van der Waals surface area (Å²) in [5.74, 6) is -0.0548. The molecular weight excluding hydrogens is 198 g/mol. The normalized spacial score (nSPS) is 22.7. The lowest BCUT2D eigenvalue weighted by Crippen LogP contribution is -2.51. The van der Waals surface area contributed by atoms with E-state index in [1.807, 2.05) is 4.90 Å². The Kier molecular flexibility index (Phi) is 5.56. The third kappa shape index (κ3) is 4.13. The van der Waals surface area contributed by atoms with Crippen molar-refractivity contribution in [3.8, 4) is 0 Å². The highest BCUT2D eigenvalue weighted by molar-refractivity contribution is 5.78. The van der Waals surface area contributed by atoms with Crippen LogP contribution >= 0.6 is 0 Å². The molecule has 1 fully saturated rings. The van der Waals surface area contributed by atoms with Crippen LogP contribution in [0.15, 0.2) is 0 Å². The lowest BCUT2D eigenvalue weighted by Gasteiger charge is -2.33. The van der Waals surface area contributed by atoms with Gasteiger partial charge in [0.2, 0.25) is 5.91 Å². The predicted molar refractivity (Wildman–Crippen MR) is 55.3 cm³/mol. The number of nitrogens with zero attached hydrogens (tertiary/aromatic N) is 1.